The van der Waals surface area contributed by atoms with Gasteiger partial charge in [-0.25, -0.2) is 4.98 Å². The summed E-state index contributed by atoms with van der Waals surface area (Å²) in [6, 6.07) is 17.9. The van der Waals surface area contributed by atoms with Crippen LogP contribution in [0, 0.1) is 0 Å². The first kappa shape index (κ1) is 22.3. The normalized spacial score (nSPS) is 11.6. The molecule has 9 heteroatoms. The van der Waals surface area contributed by atoms with E-state index >= 15 is 0 Å². The third-order valence-electron chi connectivity index (χ3n) is 6.08. The molecule has 0 atom stereocenters. The second-order valence-corrected chi connectivity index (χ2v) is 8.13. The first-order chi connectivity index (χ1) is 18.1. The molecular weight excluding hydrogens is 474 g/mol. The Hall–Kier alpha value is -5.18. The molecule has 37 heavy (non-hydrogen) atoms. The van der Waals surface area contributed by atoms with Gasteiger partial charge in [-0.2, -0.15) is 9.78 Å². The second-order valence-electron chi connectivity index (χ2n) is 8.13. The number of fused-ring (bicyclic) bond motifs is 3. The summed E-state index contributed by atoms with van der Waals surface area (Å²) in [5.41, 5.74) is 1.15. The van der Waals surface area contributed by atoms with E-state index in [1.54, 1.807) is 24.3 Å². The van der Waals surface area contributed by atoms with Gasteiger partial charge in [0.2, 0.25) is 11.2 Å². The van der Waals surface area contributed by atoms with Crippen molar-refractivity contribution in [2.24, 2.45) is 5.10 Å². The summed E-state index contributed by atoms with van der Waals surface area (Å²) in [4.78, 5) is 31.7. The summed E-state index contributed by atoms with van der Waals surface area (Å²) in [6.45, 7) is 0. The second kappa shape index (κ2) is 8.80. The minimum Gasteiger partial charge on any atom is -0.495 e. The smallest absolute Gasteiger partial charge is 0.282 e. The molecule has 0 radical (unpaired) electrons. The Bertz CT molecular complexity index is 1950. The molecule has 0 N–H and O–H groups in total. The standard InChI is InChI=1S/C28H19N3O6/c1-34-23-19-12-13-36-24(19)26(35-2)25-21(23)22(32)17(15-37-25)14-29-31-27(16-8-4-3-5-9-16)30-20-11-7-6-10-18(20)28(31)33/h3-15H,1-2H3/b29-14+. The molecule has 0 aliphatic carbocycles. The molecule has 0 saturated carbocycles. The van der Waals surface area contributed by atoms with E-state index in [0.717, 1.165) is 0 Å². The van der Waals surface area contributed by atoms with Gasteiger partial charge >= 0.3 is 0 Å². The molecule has 0 saturated heterocycles. The van der Waals surface area contributed by atoms with Gasteiger partial charge in [0.25, 0.3) is 5.56 Å². The summed E-state index contributed by atoms with van der Waals surface area (Å²) in [6.07, 6.45) is 4.01. The van der Waals surface area contributed by atoms with E-state index in [-0.39, 0.29) is 33.6 Å². The number of methoxy groups -OCH3 is 2. The number of rotatable bonds is 5. The number of ether oxygens (including phenoxy) is 2. The van der Waals surface area contributed by atoms with E-state index < -0.39 is 5.43 Å². The van der Waals surface area contributed by atoms with E-state index in [2.05, 4.69) is 10.1 Å². The first-order valence-corrected chi connectivity index (χ1v) is 11.3. The molecule has 182 valence electrons. The number of para-hydroxylation sites is 1. The Morgan fingerprint density at radius 2 is 1.62 bits per heavy atom. The van der Waals surface area contributed by atoms with E-state index in [4.69, 9.17) is 18.3 Å². The van der Waals surface area contributed by atoms with Gasteiger partial charge in [-0.05, 0) is 18.2 Å². The summed E-state index contributed by atoms with van der Waals surface area (Å²) in [5, 5.41) is 5.52. The number of hydrogen-bond acceptors (Lipinski definition) is 8. The molecule has 3 heterocycles. The van der Waals surface area contributed by atoms with Crippen LogP contribution in [0.1, 0.15) is 5.56 Å². The maximum Gasteiger partial charge on any atom is 0.282 e. The predicted octanol–water partition coefficient (Wildman–Crippen LogP) is 4.82. The molecule has 6 aromatic rings. The molecule has 3 aromatic carbocycles. The minimum absolute atomic E-state index is 0.106. The largest absolute Gasteiger partial charge is 0.495 e. The SMILES string of the molecule is COc1c2occc2c(OC)c2c(=O)c(/C=N/n3c(-c4ccccc4)nc4ccccc4c3=O)coc12. The van der Waals surface area contributed by atoms with Crippen LogP contribution >= 0.6 is 0 Å². The maximum absolute atomic E-state index is 13.6. The van der Waals surface area contributed by atoms with Crippen LogP contribution in [0.2, 0.25) is 0 Å². The zero-order chi connectivity index (χ0) is 25.5. The van der Waals surface area contributed by atoms with Gasteiger partial charge in [0.1, 0.15) is 17.4 Å². The van der Waals surface area contributed by atoms with Gasteiger partial charge in [-0.3, -0.25) is 9.59 Å². The number of hydrogen-bond donors (Lipinski definition) is 0. The fraction of sp³-hybridized carbons (Fsp3) is 0.0714. The monoisotopic (exact) mass is 493 g/mol. The summed E-state index contributed by atoms with van der Waals surface area (Å²) < 4.78 is 23.6. The van der Waals surface area contributed by atoms with Gasteiger partial charge in [0.15, 0.2) is 17.0 Å². The lowest BCUT2D eigenvalue weighted by molar-refractivity contribution is 0.400. The molecule has 0 aliphatic rings. The minimum atomic E-state index is -0.411. The van der Waals surface area contributed by atoms with Crippen LogP contribution in [0.3, 0.4) is 0 Å². The molecule has 6 rings (SSSR count). The third-order valence-corrected chi connectivity index (χ3v) is 6.08. The van der Waals surface area contributed by atoms with Crippen LogP contribution in [0.25, 0.3) is 44.2 Å². The van der Waals surface area contributed by atoms with Crippen molar-refractivity contribution in [3.63, 3.8) is 0 Å². The van der Waals surface area contributed by atoms with Crippen molar-refractivity contribution in [2.45, 2.75) is 0 Å². The van der Waals surface area contributed by atoms with Gasteiger partial charge in [0.05, 0.1) is 48.5 Å². The summed E-state index contributed by atoms with van der Waals surface area (Å²) in [7, 11) is 2.92. The third kappa shape index (κ3) is 3.48. The molecule has 3 aromatic heterocycles. The predicted molar refractivity (Wildman–Crippen MR) is 140 cm³/mol. The quantitative estimate of drug-likeness (QED) is 0.317. The van der Waals surface area contributed by atoms with Gasteiger partial charge in [-0.15, -0.1) is 0 Å². The number of benzene rings is 3. The van der Waals surface area contributed by atoms with Crippen LogP contribution in [0.4, 0.5) is 0 Å². The van der Waals surface area contributed by atoms with Gasteiger partial charge in [-0.1, -0.05) is 42.5 Å². The Kier molecular flexibility index (Phi) is 5.30. The van der Waals surface area contributed by atoms with Gasteiger partial charge < -0.3 is 18.3 Å². The number of aromatic nitrogens is 2. The first-order valence-electron chi connectivity index (χ1n) is 11.3. The average molecular weight is 493 g/mol. The molecule has 0 fully saturated rings. The average Bonchev–Trinajstić information content (AvgIpc) is 3.42. The van der Waals surface area contributed by atoms with Crippen LogP contribution in [-0.4, -0.2) is 30.1 Å². The number of furan rings is 1. The highest BCUT2D eigenvalue weighted by Crippen LogP contribution is 2.41. The Balaban J connectivity index is 1.59. The lowest BCUT2D eigenvalue weighted by Gasteiger charge is -2.11. The molecule has 0 bridgehead atoms. The van der Waals surface area contributed by atoms with E-state index in [1.807, 2.05) is 36.4 Å². The van der Waals surface area contributed by atoms with Crippen molar-refractivity contribution in [3.8, 4) is 22.9 Å². The van der Waals surface area contributed by atoms with E-state index in [1.165, 1.54) is 37.6 Å². The Morgan fingerprint density at radius 1 is 0.865 bits per heavy atom. The maximum atomic E-state index is 13.6. The highest BCUT2D eigenvalue weighted by molar-refractivity contribution is 6.07. The lowest BCUT2D eigenvalue weighted by atomic mass is 10.1. The lowest BCUT2D eigenvalue weighted by Crippen LogP contribution is -2.21. The zero-order valence-corrected chi connectivity index (χ0v) is 19.8. The zero-order valence-electron chi connectivity index (χ0n) is 19.8. The topological polar surface area (TPSA) is 109 Å². The van der Waals surface area contributed by atoms with Crippen LogP contribution in [0.15, 0.2) is 96.7 Å². The summed E-state index contributed by atoms with van der Waals surface area (Å²) >= 11 is 0. The molecule has 9 nitrogen and oxygen atoms in total. The van der Waals surface area contributed by atoms with Gasteiger partial charge in [0, 0.05) is 5.56 Å². The molecule has 0 unspecified atom stereocenters. The van der Waals surface area contributed by atoms with Crippen LogP contribution in [-0.2, 0) is 0 Å². The molecule has 0 aliphatic heterocycles. The van der Waals surface area contributed by atoms with Crippen molar-refractivity contribution < 1.29 is 18.3 Å². The highest BCUT2D eigenvalue weighted by atomic mass is 16.5. The van der Waals surface area contributed by atoms with Crippen LogP contribution in [0.5, 0.6) is 11.5 Å². The fourth-order valence-corrected chi connectivity index (χ4v) is 4.37. The van der Waals surface area contributed by atoms with Crippen molar-refractivity contribution in [2.75, 3.05) is 14.2 Å². The van der Waals surface area contributed by atoms with Crippen molar-refractivity contribution in [1.29, 1.82) is 0 Å². The molecular formula is C28H19N3O6. The van der Waals surface area contributed by atoms with E-state index in [9.17, 15) is 9.59 Å². The molecule has 0 spiro atoms. The Morgan fingerprint density at radius 3 is 2.41 bits per heavy atom. The Labute approximate surface area is 208 Å². The van der Waals surface area contributed by atoms with Crippen molar-refractivity contribution in [3.05, 3.63) is 99.3 Å². The van der Waals surface area contributed by atoms with E-state index in [0.29, 0.717) is 33.3 Å². The highest BCUT2D eigenvalue weighted by Gasteiger charge is 2.23. The summed E-state index contributed by atoms with van der Waals surface area (Å²) in [5.74, 6) is 0.904. The fourth-order valence-electron chi connectivity index (χ4n) is 4.37. The van der Waals surface area contributed by atoms with Crippen LogP contribution < -0.4 is 20.5 Å². The van der Waals surface area contributed by atoms with Crippen molar-refractivity contribution in [1.82, 2.24) is 9.66 Å². The number of nitrogens with zero attached hydrogens (tertiary/aromatic N) is 3. The van der Waals surface area contributed by atoms with Crippen molar-refractivity contribution >= 4 is 39.1 Å². The molecule has 0 amide bonds.